The zero-order chi connectivity index (χ0) is 18.4. The summed E-state index contributed by atoms with van der Waals surface area (Å²) in [4.78, 5) is 20.8. The van der Waals surface area contributed by atoms with Gasteiger partial charge in [-0.1, -0.05) is 0 Å². The molecule has 0 aromatic carbocycles. The molecule has 1 amide bonds. The number of piperazine rings is 1. The number of aliphatic hydroxyl groups is 1. The van der Waals surface area contributed by atoms with E-state index in [2.05, 4.69) is 20.1 Å². The van der Waals surface area contributed by atoms with E-state index in [1.165, 1.54) is 11.3 Å². The molecule has 26 heavy (non-hydrogen) atoms. The van der Waals surface area contributed by atoms with Gasteiger partial charge in [-0.3, -0.25) is 14.6 Å². The molecule has 1 saturated heterocycles. The normalized spacial score (nSPS) is 18.9. The number of rotatable bonds is 8. The van der Waals surface area contributed by atoms with Gasteiger partial charge in [0.25, 0.3) is 0 Å². The molecule has 1 aliphatic rings. The predicted molar refractivity (Wildman–Crippen MR) is 101 cm³/mol. The molecule has 0 saturated carbocycles. The van der Waals surface area contributed by atoms with E-state index in [1.807, 2.05) is 24.4 Å². The van der Waals surface area contributed by atoms with Crippen LogP contribution >= 0.6 is 11.3 Å². The van der Waals surface area contributed by atoms with Crippen molar-refractivity contribution < 1.29 is 14.3 Å². The van der Waals surface area contributed by atoms with Crippen LogP contribution in [0.25, 0.3) is 0 Å². The molecule has 7 nitrogen and oxygen atoms in total. The van der Waals surface area contributed by atoms with Gasteiger partial charge in [0.15, 0.2) is 5.13 Å². The summed E-state index contributed by atoms with van der Waals surface area (Å²) in [7, 11) is 0. The van der Waals surface area contributed by atoms with E-state index >= 15 is 0 Å². The van der Waals surface area contributed by atoms with Gasteiger partial charge in [0.1, 0.15) is 11.5 Å². The summed E-state index contributed by atoms with van der Waals surface area (Å²) < 4.78 is 5.69. The number of hydrogen-bond donors (Lipinski definition) is 2. The number of hydrogen-bond acceptors (Lipinski definition) is 7. The third kappa shape index (κ3) is 5.38. The number of aromatic nitrogens is 1. The molecule has 0 radical (unpaired) electrons. The summed E-state index contributed by atoms with van der Waals surface area (Å²) in [5.74, 6) is 1.87. The van der Waals surface area contributed by atoms with Gasteiger partial charge >= 0.3 is 0 Å². The van der Waals surface area contributed by atoms with Crippen LogP contribution in [0.2, 0.25) is 0 Å². The van der Waals surface area contributed by atoms with Crippen LogP contribution in [0.15, 0.2) is 28.1 Å². The van der Waals surface area contributed by atoms with Crippen molar-refractivity contribution in [1.29, 1.82) is 0 Å². The van der Waals surface area contributed by atoms with E-state index in [0.717, 1.165) is 44.1 Å². The molecule has 2 aromatic rings. The molecule has 2 N–H and O–H groups in total. The van der Waals surface area contributed by atoms with Gasteiger partial charge in [-0.25, -0.2) is 4.98 Å². The number of nitrogens with one attached hydrogen (secondary N) is 1. The summed E-state index contributed by atoms with van der Waals surface area (Å²) in [5, 5.41) is 14.7. The van der Waals surface area contributed by atoms with Gasteiger partial charge in [0.2, 0.25) is 5.91 Å². The number of aliphatic hydroxyl groups excluding tert-OH is 1. The zero-order valence-electron chi connectivity index (χ0n) is 15.1. The lowest BCUT2D eigenvalue weighted by atomic mass is 10.1. The number of anilines is 1. The molecule has 3 heterocycles. The Labute approximate surface area is 157 Å². The average Bonchev–Trinajstić information content (AvgIpc) is 3.27. The average molecular weight is 378 g/mol. The molecule has 0 spiro atoms. The van der Waals surface area contributed by atoms with Crippen LogP contribution in [-0.4, -0.2) is 64.6 Å². The van der Waals surface area contributed by atoms with Crippen LogP contribution in [0.5, 0.6) is 0 Å². The number of aryl methyl sites for hydroxylation is 1. The maximum absolute atomic E-state index is 12.0. The van der Waals surface area contributed by atoms with Crippen LogP contribution in [0.3, 0.4) is 0 Å². The van der Waals surface area contributed by atoms with Crippen molar-refractivity contribution in [2.45, 2.75) is 32.4 Å². The number of carbonyl (C=O) groups excluding carboxylic acids is 1. The second-order valence-corrected chi connectivity index (χ2v) is 7.48. The monoisotopic (exact) mass is 378 g/mol. The second-order valence-electron chi connectivity index (χ2n) is 6.58. The molecule has 1 atom stereocenters. The topological polar surface area (TPSA) is 81.8 Å². The summed E-state index contributed by atoms with van der Waals surface area (Å²) in [6.07, 6.45) is 2.85. The van der Waals surface area contributed by atoms with Crippen LogP contribution in [0.4, 0.5) is 5.13 Å². The SMILES string of the molecule is Cc1ccc(CN2CCN(CCC(=O)Nc3nccs3)C[C@H]2CCO)o1. The molecular formula is C18H26N4O3S. The Bertz CT molecular complexity index is 688. The maximum atomic E-state index is 12.0. The third-order valence-corrected chi connectivity index (χ3v) is 5.33. The Morgan fingerprint density at radius 1 is 1.46 bits per heavy atom. The van der Waals surface area contributed by atoms with Crippen molar-refractivity contribution in [2.75, 3.05) is 38.1 Å². The zero-order valence-corrected chi connectivity index (χ0v) is 15.9. The molecule has 3 rings (SSSR count). The molecule has 2 aromatic heterocycles. The van der Waals surface area contributed by atoms with Crippen LogP contribution in [-0.2, 0) is 11.3 Å². The lowest BCUT2D eigenvalue weighted by molar-refractivity contribution is -0.116. The number of thiazole rings is 1. The van der Waals surface area contributed by atoms with Crippen molar-refractivity contribution >= 4 is 22.4 Å². The fourth-order valence-electron chi connectivity index (χ4n) is 3.29. The Balaban J connectivity index is 1.48. The molecule has 0 unspecified atom stereocenters. The summed E-state index contributed by atoms with van der Waals surface area (Å²) >= 11 is 1.42. The Kier molecular flexibility index (Phi) is 6.79. The van der Waals surface area contributed by atoms with E-state index in [1.54, 1.807) is 6.20 Å². The molecule has 142 valence electrons. The van der Waals surface area contributed by atoms with Crippen molar-refractivity contribution in [3.63, 3.8) is 0 Å². The molecule has 0 aliphatic carbocycles. The Hall–Kier alpha value is -1.74. The minimum atomic E-state index is -0.00727. The second kappa shape index (κ2) is 9.27. The lowest BCUT2D eigenvalue weighted by Crippen LogP contribution is -2.53. The van der Waals surface area contributed by atoms with E-state index in [4.69, 9.17) is 4.42 Å². The Morgan fingerprint density at radius 3 is 3.04 bits per heavy atom. The van der Waals surface area contributed by atoms with E-state index < -0.39 is 0 Å². The first kappa shape index (κ1) is 19.0. The lowest BCUT2D eigenvalue weighted by Gasteiger charge is -2.41. The first-order valence-electron chi connectivity index (χ1n) is 8.96. The molecule has 1 aliphatic heterocycles. The smallest absolute Gasteiger partial charge is 0.227 e. The third-order valence-electron chi connectivity index (χ3n) is 4.64. The number of carbonyl (C=O) groups is 1. The van der Waals surface area contributed by atoms with Gasteiger partial charge in [-0.05, 0) is 25.5 Å². The van der Waals surface area contributed by atoms with Crippen LogP contribution in [0, 0.1) is 6.92 Å². The van der Waals surface area contributed by atoms with Gasteiger partial charge in [-0.15, -0.1) is 11.3 Å². The molecule has 8 heteroatoms. The minimum Gasteiger partial charge on any atom is -0.465 e. The van der Waals surface area contributed by atoms with Gasteiger partial charge < -0.3 is 14.8 Å². The highest BCUT2D eigenvalue weighted by Crippen LogP contribution is 2.18. The van der Waals surface area contributed by atoms with Crippen LogP contribution in [0.1, 0.15) is 24.4 Å². The van der Waals surface area contributed by atoms with E-state index in [9.17, 15) is 9.90 Å². The first-order chi connectivity index (χ1) is 12.6. The first-order valence-corrected chi connectivity index (χ1v) is 9.84. The van der Waals surface area contributed by atoms with Crippen LogP contribution < -0.4 is 5.32 Å². The van der Waals surface area contributed by atoms with Gasteiger partial charge in [0, 0.05) is 56.8 Å². The van der Waals surface area contributed by atoms with Crippen molar-refractivity contribution in [2.24, 2.45) is 0 Å². The van der Waals surface area contributed by atoms with E-state index in [-0.39, 0.29) is 18.6 Å². The highest BCUT2D eigenvalue weighted by molar-refractivity contribution is 7.13. The number of furan rings is 1. The largest absolute Gasteiger partial charge is 0.465 e. The summed E-state index contributed by atoms with van der Waals surface area (Å²) in [5.41, 5.74) is 0. The fourth-order valence-corrected chi connectivity index (χ4v) is 3.83. The predicted octanol–water partition coefficient (Wildman–Crippen LogP) is 1.94. The Morgan fingerprint density at radius 2 is 2.35 bits per heavy atom. The summed E-state index contributed by atoms with van der Waals surface area (Å²) in [6.45, 7) is 6.25. The van der Waals surface area contributed by atoms with E-state index in [0.29, 0.717) is 18.1 Å². The number of amides is 1. The van der Waals surface area contributed by atoms with Crippen molar-refractivity contribution in [3.8, 4) is 0 Å². The quantitative estimate of drug-likeness (QED) is 0.731. The molecular weight excluding hydrogens is 352 g/mol. The highest BCUT2D eigenvalue weighted by atomic mass is 32.1. The maximum Gasteiger partial charge on any atom is 0.227 e. The van der Waals surface area contributed by atoms with Crippen molar-refractivity contribution in [3.05, 3.63) is 35.2 Å². The van der Waals surface area contributed by atoms with Gasteiger partial charge in [0.05, 0.1) is 6.54 Å². The minimum absolute atomic E-state index is 0.00727. The van der Waals surface area contributed by atoms with Gasteiger partial charge in [-0.2, -0.15) is 0 Å². The summed E-state index contributed by atoms with van der Waals surface area (Å²) in [6, 6.07) is 4.26. The highest BCUT2D eigenvalue weighted by Gasteiger charge is 2.27. The fraction of sp³-hybridized carbons (Fsp3) is 0.556. The molecule has 1 fully saturated rings. The number of nitrogens with zero attached hydrogens (tertiary/aromatic N) is 3. The van der Waals surface area contributed by atoms with Crippen molar-refractivity contribution in [1.82, 2.24) is 14.8 Å². The standard InChI is InChI=1S/C18H26N4O3S/c1-14-2-3-16(25-14)13-22-9-8-21(12-15(22)5-10-23)7-4-17(24)20-18-19-6-11-26-18/h2-3,6,11,15,23H,4-5,7-10,12-13H2,1H3,(H,19,20,24)/t15-/m1/s1. The molecule has 0 bridgehead atoms.